The number of benzene rings is 1. The number of nitrogens with two attached hydrogens (primary N) is 1. The summed E-state index contributed by atoms with van der Waals surface area (Å²) < 4.78 is 0. The fraction of sp³-hybridized carbons (Fsp3) is 0.440. The lowest BCUT2D eigenvalue weighted by Gasteiger charge is -2.29. The molecule has 0 saturated carbocycles. The lowest BCUT2D eigenvalue weighted by atomic mass is 10.0. The number of aromatic amines is 1. The van der Waals surface area contributed by atoms with Gasteiger partial charge >= 0.3 is 11.9 Å². The zero-order chi connectivity index (χ0) is 27.7. The van der Waals surface area contributed by atoms with Crippen molar-refractivity contribution >= 4 is 29.7 Å². The summed E-state index contributed by atoms with van der Waals surface area (Å²) in [6.07, 6.45) is 3.43. The molecule has 38 heavy (non-hydrogen) atoms. The van der Waals surface area contributed by atoms with Crippen molar-refractivity contribution in [1.29, 1.82) is 0 Å². The normalized spacial score (nSPS) is 17.3. The van der Waals surface area contributed by atoms with E-state index in [9.17, 15) is 29.1 Å². The lowest BCUT2D eigenvalue weighted by Crippen LogP contribution is -2.58. The molecule has 0 bridgehead atoms. The van der Waals surface area contributed by atoms with Gasteiger partial charge in [0.05, 0.1) is 12.4 Å². The topological polar surface area (TPSA) is 208 Å². The van der Waals surface area contributed by atoms with Gasteiger partial charge < -0.3 is 36.5 Å². The van der Waals surface area contributed by atoms with Gasteiger partial charge in [0.15, 0.2) is 0 Å². The molecule has 1 aliphatic rings. The van der Waals surface area contributed by atoms with E-state index in [0.717, 1.165) is 5.56 Å². The Morgan fingerprint density at radius 2 is 1.76 bits per heavy atom. The van der Waals surface area contributed by atoms with Crippen LogP contribution in [0.25, 0.3) is 0 Å². The Bertz CT molecular complexity index is 1120. The molecule has 2 heterocycles. The third-order valence-electron chi connectivity index (χ3n) is 6.34. The maximum Gasteiger partial charge on any atom is 0.326 e. The van der Waals surface area contributed by atoms with E-state index in [1.54, 1.807) is 30.3 Å². The second-order valence-corrected chi connectivity index (χ2v) is 9.16. The number of aliphatic carboxylic acids is 2. The van der Waals surface area contributed by atoms with E-state index in [4.69, 9.17) is 10.8 Å². The van der Waals surface area contributed by atoms with Gasteiger partial charge in [0.25, 0.3) is 0 Å². The van der Waals surface area contributed by atoms with Crippen molar-refractivity contribution in [3.63, 3.8) is 0 Å². The molecule has 13 nitrogen and oxygen atoms in total. The molecule has 204 valence electrons. The minimum Gasteiger partial charge on any atom is -0.481 e. The van der Waals surface area contributed by atoms with Crippen molar-refractivity contribution < 1.29 is 34.2 Å². The molecular weight excluding hydrogens is 496 g/mol. The number of H-pyrrole nitrogens is 1. The number of hydrogen-bond acceptors (Lipinski definition) is 7. The van der Waals surface area contributed by atoms with Crippen molar-refractivity contribution in [2.45, 2.75) is 62.7 Å². The molecule has 2 aromatic rings. The van der Waals surface area contributed by atoms with E-state index in [2.05, 4.69) is 20.6 Å². The van der Waals surface area contributed by atoms with E-state index < -0.39 is 53.8 Å². The van der Waals surface area contributed by atoms with Crippen molar-refractivity contribution in [2.75, 3.05) is 6.54 Å². The molecule has 0 spiro atoms. The van der Waals surface area contributed by atoms with E-state index in [0.29, 0.717) is 18.5 Å². The molecule has 1 saturated heterocycles. The number of imidazole rings is 1. The number of rotatable bonds is 13. The number of carbonyl (C=O) groups is 5. The van der Waals surface area contributed by atoms with Crippen molar-refractivity contribution in [3.8, 4) is 0 Å². The summed E-state index contributed by atoms with van der Waals surface area (Å²) in [5.74, 6) is -4.15. The summed E-state index contributed by atoms with van der Waals surface area (Å²) in [7, 11) is 0. The van der Waals surface area contributed by atoms with Gasteiger partial charge in [-0.25, -0.2) is 9.78 Å². The summed E-state index contributed by atoms with van der Waals surface area (Å²) in [4.78, 5) is 70.2. The average molecular weight is 529 g/mol. The largest absolute Gasteiger partial charge is 0.481 e. The highest BCUT2D eigenvalue weighted by molar-refractivity contribution is 5.94. The number of likely N-dealkylation sites (tertiary alicyclic amines) is 1. The first-order chi connectivity index (χ1) is 18.2. The zero-order valence-corrected chi connectivity index (χ0v) is 20.7. The predicted octanol–water partition coefficient (Wildman–Crippen LogP) is -0.568. The molecule has 0 aliphatic carbocycles. The molecule has 0 radical (unpaired) electrons. The van der Waals surface area contributed by atoms with E-state index in [1.807, 2.05) is 0 Å². The molecular formula is C25H32N6O7. The molecule has 3 amide bonds. The molecule has 13 heteroatoms. The number of carboxylic acids is 2. The zero-order valence-electron chi connectivity index (χ0n) is 20.7. The second-order valence-electron chi connectivity index (χ2n) is 9.16. The van der Waals surface area contributed by atoms with Crippen LogP contribution >= 0.6 is 0 Å². The van der Waals surface area contributed by atoms with Gasteiger partial charge in [-0.1, -0.05) is 30.3 Å². The SMILES string of the molecule is NC(CCC(=O)O)C(=O)NC(Cc1ccccc1)C(=O)NC(Cc1cnc[nH]1)C(=O)N1CCCC1C(=O)O. The molecule has 1 fully saturated rings. The number of nitrogens with one attached hydrogen (secondary N) is 3. The standard InChI is InChI=1S/C25H32N6O7/c26-17(8-9-21(32)33)22(34)29-18(11-15-5-2-1-3-6-15)23(35)30-19(12-16-13-27-14-28-16)24(36)31-10-4-7-20(31)25(37)38/h1-3,5-6,13-14,17-20H,4,7-12,26H2,(H,27,28)(H,29,34)(H,30,35)(H,32,33)(H,37,38). The van der Waals surface area contributed by atoms with Crippen molar-refractivity contribution in [1.82, 2.24) is 25.5 Å². The number of carboxylic acid groups (broad SMARTS) is 2. The minimum atomic E-state index is -1.15. The molecule has 4 atom stereocenters. The first-order valence-corrected chi connectivity index (χ1v) is 12.3. The van der Waals surface area contributed by atoms with Crippen LogP contribution in [0.4, 0.5) is 0 Å². The van der Waals surface area contributed by atoms with Gasteiger partial charge in [0.1, 0.15) is 18.1 Å². The van der Waals surface area contributed by atoms with Gasteiger partial charge in [-0.15, -0.1) is 0 Å². The van der Waals surface area contributed by atoms with Crippen LogP contribution in [-0.4, -0.2) is 85.5 Å². The number of hydrogen-bond donors (Lipinski definition) is 6. The summed E-state index contributed by atoms with van der Waals surface area (Å²) in [6, 6.07) is 4.48. The maximum absolute atomic E-state index is 13.5. The Labute approximate surface area is 218 Å². The molecule has 1 aromatic carbocycles. The highest BCUT2D eigenvalue weighted by atomic mass is 16.4. The van der Waals surface area contributed by atoms with Crippen LogP contribution in [0, 0.1) is 0 Å². The van der Waals surface area contributed by atoms with Crippen LogP contribution in [0.15, 0.2) is 42.9 Å². The van der Waals surface area contributed by atoms with Crippen LogP contribution in [-0.2, 0) is 36.8 Å². The summed E-state index contributed by atoms with van der Waals surface area (Å²) in [5.41, 5.74) is 7.12. The first kappa shape index (κ1) is 28.3. The fourth-order valence-corrected chi connectivity index (χ4v) is 4.32. The Morgan fingerprint density at radius 3 is 2.39 bits per heavy atom. The smallest absolute Gasteiger partial charge is 0.326 e. The van der Waals surface area contributed by atoms with Gasteiger partial charge in [0, 0.05) is 37.7 Å². The molecule has 4 unspecified atom stereocenters. The Kier molecular flexibility index (Phi) is 9.93. The summed E-state index contributed by atoms with van der Waals surface area (Å²) in [6.45, 7) is 0.244. The van der Waals surface area contributed by atoms with E-state index in [1.165, 1.54) is 17.4 Å². The summed E-state index contributed by atoms with van der Waals surface area (Å²) in [5, 5.41) is 23.7. The number of nitrogens with zero attached hydrogens (tertiary/aromatic N) is 2. The quantitative estimate of drug-likeness (QED) is 0.196. The van der Waals surface area contributed by atoms with Gasteiger partial charge in [-0.2, -0.15) is 0 Å². The number of aromatic nitrogens is 2. The highest BCUT2D eigenvalue weighted by Gasteiger charge is 2.38. The fourth-order valence-electron chi connectivity index (χ4n) is 4.32. The first-order valence-electron chi connectivity index (χ1n) is 12.3. The van der Waals surface area contributed by atoms with Crippen molar-refractivity contribution in [3.05, 3.63) is 54.1 Å². The monoisotopic (exact) mass is 528 g/mol. The predicted molar refractivity (Wildman–Crippen MR) is 134 cm³/mol. The Morgan fingerprint density at radius 1 is 1.05 bits per heavy atom. The third-order valence-corrected chi connectivity index (χ3v) is 6.34. The molecule has 7 N–H and O–H groups in total. The van der Waals surface area contributed by atoms with Crippen molar-refractivity contribution in [2.24, 2.45) is 5.73 Å². The average Bonchev–Trinajstić information content (AvgIpc) is 3.59. The lowest BCUT2D eigenvalue weighted by molar-refractivity contribution is -0.149. The highest BCUT2D eigenvalue weighted by Crippen LogP contribution is 2.19. The maximum atomic E-state index is 13.5. The molecule has 1 aliphatic heterocycles. The molecule has 1 aromatic heterocycles. The van der Waals surface area contributed by atoms with Crippen LogP contribution in [0.5, 0.6) is 0 Å². The van der Waals surface area contributed by atoms with Gasteiger partial charge in [0.2, 0.25) is 17.7 Å². The number of amides is 3. The van der Waals surface area contributed by atoms with E-state index in [-0.39, 0.29) is 32.2 Å². The van der Waals surface area contributed by atoms with Crippen LogP contribution in [0.3, 0.4) is 0 Å². The summed E-state index contributed by atoms with van der Waals surface area (Å²) >= 11 is 0. The van der Waals surface area contributed by atoms with Crippen LogP contribution < -0.4 is 16.4 Å². The minimum absolute atomic E-state index is 0.0253. The second kappa shape index (κ2) is 13.3. The third kappa shape index (κ3) is 7.87. The Hall–Kier alpha value is -4.26. The van der Waals surface area contributed by atoms with E-state index >= 15 is 0 Å². The van der Waals surface area contributed by atoms with Gasteiger partial charge in [-0.05, 0) is 24.8 Å². The molecule has 3 rings (SSSR count). The Balaban J connectivity index is 1.81. The van der Waals surface area contributed by atoms with Crippen LogP contribution in [0.1, 0.15) is 36.9 Å². The number of carbonyl (C=O) groups excluding carboxylic acids is 3. The van der Waals surface area contributed by atoms with Crippen LogP contribution in [0.2, 0.25) is 0 Å². The van der Waals surface area contributed by atoms with Gasteiger partial charge in [-0.3, -0.25) is 19.2 Å².